The second kappa shape index (κ2) is 5.57. The summed E-state index contributed by atoms with van der Waals surface area (Å²) in [6.45, 7) is 5.08. The van der Waals surface area contributed by atoms with Crippen molar-refractivity contribution in [2.45, 2.75) is 32.7 Å². The van der Waals surface area contributed by atoms with Gasteiger partial charge in [0, 0.05) is 12.6 Å². The highest BCUT2D eigenvalue weighted by Gasteiger charge is 2.26. The van der Waals surface area contributed by atoms with Crippen molar-refractivity contribution in [3.8, 4) is 0 Å². The number of hydrogen-bond acceptors (Lipinski definition) is 2. The molecule has 0 spiro atoms. The van der Waals surface area contributed by atoms with Gasteiger partial charge in [-0.1, -0.05) is 18.5 Å². The Morgan fingerprint density at radius 2 is 2.22 bits per heavy atom. The van der Waals surface area contributed by atoms with E-state index in [4.69, 9.17) is 11.6 Å². The first-order valence-corrected chi connectivity index (χ1v) is 6.63. The summed E-state index contributed by atoms with van der Waals surface area (Å²) in [5.41, 5.74) is 0.676. The van der Waals surface area contributed by atoms with Crippen molar-refractivity contribution >= 4 is 23.3 Å². The number of amides is 2. The molecule has 2 atom stereocenters. The number of anilines is 1. The fourth-order valence-corrected chi connectivity index (χ4v) is 2.33. The van der Waals surface area contributed by atoms with Crippen molar-refractivity contribution in [3.05, 3.63) is 23.5 Å². The monoisotopic (exact) mass is 267 g/mol. The van der Waals surface area contributed by atoms with E-state index in [9.17, 15) is 4.79 Å². The zero-order chi connectivity index (χ0) is 13.1. The van der Waals surface area contributed by atoms with Gasteiger partial charge in [-0.25, -0.2) is 9.78 Å². The molecule has 2 heterocycles. The Bertz CT molecular complexity index is 421. The van der Waals surface area contributed by atoms with Gasteiger partial charge in [-0.3, -0.25) is 0 Å². The van der Waals surface area contributed by atoms with E-state index < -0.39 is 0 Å². The van der Waals surface area contributed by atoms with Crippen LogP contribution in [0, 0.1) is 5.92 Å². The molecule has 0 unspecified atom stereocenters. The first-order valence-electron chi connectivity index (χ1n) is 6.25. The number of piperidine rings is 1. The fraction of sp³-hybridized carbons (Fsp3) is 0.538. The highest BCUT2D eigenvalue weighted by atomic mass is 35.5. The molecule has 0 aromatic carbocycles. The van der Waals surface area contributed by atoms with Crippen LogP contribution in [0.2, 0.25) is 5.15 Å². The van der Waals surface area contributed by atoms with Gasteiger partial charge >= 0.3 is 6.03 Å². The Kier molecular flexibility index (Phi) is 4.07. The molecule has 2 amide bonds. The highest BCUT2D eigenvalue weighted by molar-refractivity contribution is 6.29. The number of nitrogens with zero attached hydrogens (tertiary/aromatic N) is 2. The summed E-state index contributed by atoms with van der Waals surface area (Å²) < 4.78 is 0. The Morgan fingerprint density at radius 1 is 1.44 bits per heavy atom. The molecule has 98 valence electrons. The molecule has 1 saturated heterocycles. The maximum Gasteiger partial charge on any atom is 0.322 e. The zero-order valence-corrected chi connectivity index (χ0v) is 11.4. The third-order valence-electron chi connectivity index (χ3n) is 3.36. The van der Waals surface area contributed by atoms with E-state index in [1.165, 1.54) is 6.42 Å². The van der Waals surface area contributed by atoms with Gasteiger partial charge in [-0.2, -0.15) is 0 Å². The SMILES string of the molecule is C[C@@H]1CC[C@H](C)N(C(=O)Nc2ccc(Cl)nc2)C1. The van der Waals surface area contributed by atoms with Gasteiger partial charge in [-0.15, -0.1) is 0 Å². The van der Waals surface area contributed by atoms with Crippen molar-refractivity contribution in [3.63, 3.8) is 0 Å². The van der Waals surface area contributed by atoms with E-state index in [0.717, 1.165) is 13.0 Å². The Balaban J connectivity index is 2.00. The largest absolute Gasteiger partial charge is 0.322 e. The predicted octanol–water partition coefficient (Wildman–Crippen LogP) is 3.39. The third kappa shape index (κ3) is 3.13. The van der Waals surface area contributed by atoms with E-state index in [0.29, 0.717) is 22.8 Å². The van der Waals surface area contributed by atoms with Crippen LogP contribution < -0.4 is 5.32 Å². The summed E-state index contributed by atoms with van der Waals surface area (Å²) >= 11 is 5.70. The van der Waals surface area contributed by atoms with Crippen molar-refractivity contribution < 1.29 is 4.79 Å². The lowest BCUT2D eigenvalue weighted by Gasteiger charge is -2.36. The van der Waals surface area contributed by atoms with Crippen LogP contribution in [0.5, 0.6) is 0 Å². The number of pyridine rings is 1. The Hall–Kier alpha value is -1.29. The summed E-state index contributed by atoms with van der Waals surface area (Å²) in [5.74, 6) is 0.565. The summed E-state index contributed by atoms with van der Waals surface area (Å²) in [4.78, 5) is 18.0. The lowest BCUT2D eigenvalue weighted by molar-refractivity contribution is 0.147. The van der Waals surface area contributed by atoms with Crippen molar-refractivity contribution in [1.82, 2.24) is 9.88 Å². The normalized spacial score (nSPS) is 23.8. The van der Waals surface area contributed by atoms with E-state index >= 15 is 0 Å². The molecule has 0 radical (unpaired) electrons. The number of nitrogens with one attached hydrogen (secondary N) is 1. The number of aromatic nitrogens is 1. The highest BCUT2D eigenvalue weighted by Crippen LogP contribution is 2.22. The topological polar surface area (TPSA) is 45.2 Å². The van der Waals surface area contributed by atoms with Crippen LogP contribution in [0.1, 0.15) is 26.7 Å². The molecule has 5 heteroatoms. The molecule has 0 saturated carbocycles. The predicted molar refractivity (Wildman–Crippen MR) is 72.8 cm³/mol. The second-order valence-corrected chi connectivity index (χ2v) is 5.37. The number of halogens is 1. The summed E-state index contributed by atoms with van der Waals surface area (Å²) in [6.07, 6.45) is 3.82. The van der Waals surface area contributed by atoms with Crippen molar-refractivity contribution in [2.24, 2.45) is 5.92 Å². The molecule has 1 aliphatic heterocycles. The molecule has 0 bridgehead atoms. The van der Waals surface area contributed by atoms with E-state index in [2.05, 4.69) is 24.1 Å². The van der Waals surface area contributed by atoms with E-state index in [1.807, 2.05) is 4.90 Å². The van der Waals surface area contributed by atoms with E-state index in [-0.39, 0.29) is 6.03 Å². The Labute approximate surface area is 112 Å². The number of hydrogen-bond donors (Lipinski definition) is 1. The molecule has 2 rings (SSSR count). The third-order valence-corrected chi connectivity index (χ3v) is 3.58. The lowest BCUT2D eigenvalue weighted by Crippen LogP contribution is -2.46. The number of rotatable bonds is 1. The van der Waals surface area contributed by atoms with Crippen LogP contribution in [-0.2, 0) is 0 Å². The average molecular weight is 268 g/mol. The van der Waals surface area contributed by atoms with Crippen LogP contribution in [0.25, 0.3) is 0 Å². The fourth-order valence-electron chi connectivity index (χ4n) is 2.22. The minimum absolute atomic E-state index is 0.0572. The summed E-state index contributed by atoms with van der Waals surface area (Å²) in [5, 5.41) is 3.28. The first-order chi connectivity index (χ1) is 8.56. The summed E-state index contributed by atoms with van der Waals surface area (Å²) in [6, 6.07) is 3.66. The molecule has 1 aromatic rings. The van der Waals surface area contributed by atoms with E-state index in [1.54, 1.807) is 18.3 Å². The smallest absolute Gasteiger partial charge is 0.322 e. The maximum absolute atomic E-state index is 12.2. The van der Waals surface area contributed by atoms with Crippen molar-refractivity contribution in [1.29, 1.82) is 0 Å². The molecule has 4 nitrogen and oxygen atoms in total. The van der Waals surface area contributed by atoms with Gasteiger partial charge in [-0.05, 0) is 37.8 Å². The van der Waals surface area contributed by atoms with Crippen LogP contribution in [-0.4, -0.2) is 28.5 Å². The second-order valence-electron chi connectivity index (χ2n) is 4.98. The molecule has 18 heavy (non-hydrogen) atoms. The standard InChI is InChI=1S/C13H18ClN3O/c1-9-3-4-10(2)17(8-9)13(18)16-11-5-6-12(14)15-7-11/h5-7,9-10H,3-4,8H2,1-2H3,(H,16,18)/t9-,10+/m1/s1. The Morgan fingerprint density at radius 3 is 2.89 bits per heavy atom. The molecule has 0 aliphatic carbocycles. The minimum atomic E-state index is -0.0572. The van der Waals surface area contributed by atoms with Gasteiger partial charge in [0.05, 0.1) is 11.9 Å². The summed E-state index contributed by atoms with van der Waals surface area (Å²) in [7, 11) is 0. The minimum Gasteiger partial charge on any atom is -0.322 e. The van der Waals surface area contributed by atoms with Gasteiger partial charge in [0.15, 0.2) is 0 Å². The number of likely N-dealkylation sites (tertiary alicyclic amines) is 1. The molecular formula is C13H18ClN3O. The van der Waals surface area contributed by atoms with Gasteiger partial charge < -0.3 is 10.2 Å². The molecule has 1 fully saturated rings. The molecule has 1 N–H and O–H groups in total. The quantitative estimate of drug-likeness (QED) is 0.793. The molecule has 1 aromatic heterocycles. The molecule has 1 aliphatic rings. The van der Waals surface area contributed by atoms with Crippen LogP contribution >= 0.6 is 11.6 Å². The number of carbonyl (C=O) groups excluding carboxylic acids is 1. The maximum atomic E-state index is 12.2. The first kappa shape index (κ1) is 13.1. The average Bonchev–Trinajstić information content (AvgIpc) is 2.35. The van der Waals surface area contributed by atoms with Gasteiger partial charge in [0.25, 0.3) is 0 Å². The van der Waals surface area contributed by atoms with Crippen LogP contribution in [0.4, 0.5) is 10.5 Å². The van der Waals surface area contributed by atoms with Gasteiger partial charge in [0.1, 0.15) is 5.15 Å². The van der Waals surface area contributed by atoms with Crippen LogP contribution in [0.15, 0.2) is 18.3 Å². The van der Waals surface area contributed by atoms with Crippen molar-refractivity contribution in [2.75, 3.05) is 11.9 Å². The zero-order valence-electron chi connectivity index (χ0n) is 10.7. The van der Waals surface area contributed by atoms with Gasteiger partial charge in [0.2, 0.25) is 0 Å². The number of urea groups is 1. The number of carbonyl (C=O) groups is 1. The lowest BCUT2D eigenvalue weighted by atomic mass is 9.95. The molecular weight excluding hydrogens is 250 g/mol. The van der Waals surface area contributed by atoms with Crippen LogP contribution in [0.3, 0.4) is 0 Å².